The van der Waals surface area contributed by atoms with E-state index in [-0.39, 0.29) is 11.8 Å². The van der Waals surface area contributed by atoms with Crippen molar-refractivity contribution in [3.05, 3.63) is 95.6 Å². The number of nitrogens with two attached hydrogens (primary N) is 1. The molecule has 1 heterocycles. The Bertz CT molecular complexity index is 1460. The molecule has 3 aromatic rings. The van der Waals surface area contributed by atoms with Crippen LogP contribution in [0, 0.1) is 0 Å². The third-order valence-electron chi connectivity index (χ3n) is 6.20. The molecule has 17 heteroatoms. The summed E-state index contributed by atoms with van der Waals surface area (Å²) in [6.45, 7) is 4.18. The highest BCUT2D eigenvalue weighted by atomic mass is 19.4. The average Bonchev–Trinajstić information content (AvgIpc) is 3.04. The molecular weight excluding hydrogens is 640 g/mol. The number of carbonyl (C=O) groups is 4. The van der Waals surface area contributed by atoms with Crippen LogP contribution < -0.4 is 26.6 Å². The van der Waals surface area contributed by atoms with Crippen LogP contribution in [0.15, 0.2) is 78.9 Å². The first-order valence-corrected chi connectivity index (χ1v) is 13.6. The van der Waals surface area contributed by atoms with E-state index < -0.39 is 30.3 Å². The molecule has 0 unspecified atom stereocenters. The van der Waals surface area contributed by atoms with Gasteiger partial charge in [-0.25, -0.2) is 9.59 Å². The van der Waals surface area contributed by atoms with E-state index >= 15 is 0 Å². The first-order valence-electron chi connectivity index (χ1n) is 13.6. The number of nitrogens with one attached hydrogen (secondary N) is 3. The van der Waals surface area contributed by atoms with Gasteiger partial charge in [-0.05, 0) is 47.5 Å². The third-order valence-corrected chi connectivity index (χ3v) is 6.20. The molecule has 1 saturated heterocycles. The maximum Gasteiger partial charge on any atom is 0.490 e. The number of anilines is 2. The van der Waals surface area contributed by atoms with Gasteiger partial charge in [0.1, 0.15) is 6.04 Å². The Morgan fingerprint density at radius 1 is 0.809 bits per heavy atom. The fraction of sp³-hybridized carbons (Fsp3) is 0.267. The number of aliphatic carboxylic acids is 2. The zero-order chi connectivity index (χ0) is 35.2. The number of hydrogen-bond acceptors (Lipinski definition) is 7. The predicted octanol–water partition coefficient (Wildman–Crippen LogP) is 3.93. The monoisotopic (exact) mass is 671 g/mol. The van der Waals surface area contributed by atoms with Gasteiger partial charge in [0.2, 0.25) is 0 Å². The molecule has 3 aromatic carbocycles. The van der Waals surface area contributed by atoms with Crippen LogP contribution in [0.4, 0.5) is 37.7 Å². The van der Waals surface area contributed by atoms with E-state index in [1.807, 2.05) is 60.7 Å². The second kappa shape index (κ2) is 17.5. The minimum Gasteiger partial charge on any atom is -0.475 e. The van der Waals surface area contributed by atoms with Crippen LogP contribution in [0.25, 0.3) is 0 Å². The lowest BCUT2D eigenvalue weighted by Gasteiger charge is -2.29. The second-order valence-corrected chi connectivity index (χ2v) is 9.60. The lowest BCUT2D eigenvalue weighted by atomic mass is 10.0. The van der Waals surface area contributed by atoms with Crippen LogP contribution in [-0.4, -0.2) is 72.5 Å². The number of benzene rings is 3. The molecule has 254 valence electrons. The zero-order valence-corrected chi connectivity index (χ0v) is 24.4. The molecule has 0 bridgehead atoms. The number of rotatable bonds is 7. The summed E-state index contributed by atoms with van der Waals surface area (Å²) in [6.07, 6.45) is -10.2. The lowest BCUT2D eigenvalue weighted by Crippen LogP contribution is -2.43. The maximum atomic E-state index is 13.2. The number of halogens is 6. The smallest absolute Gasteiger partial charge is 0.475 e. The Morgan fingerprint density at radius 3 is 1.83 bits per heavy atom. The van der Waals surface area contributed by atoms with Crippen LogP contribution in [-0.2, 0) is 20.9 Å². The van der Waals surface area contributed by atoms with E-state index in [0.29, 0.717) is 23.4 Å². The van der Waals surface area contributed by atoms with Crippen molar-refractivity contribution in [1.82, 2.24) is 10.6 Å². The zero-order valence-electron chi connectivity index (χ0n) is 24.4. The highest BCUT2D eigenvalue weighted by Gasteiger charge is 2.38. The Hall–Kier alpha value is -5.16. The Morgan fingerprint density at radius 2 is 1.34 bits per heavy atom. The molecule has 7 N–H and O–H groups in total. The van der Waals surface area contributed by atoms with Crippen LogP contribution >= 0.6 is 0 Å². The molecular formula is C30H31F6N5O6. The SMILES string of the molecule is NCc1cccc(C(=O)N[C@@H](C(=O)Nc2ccc(N3CCNCC3)cc2)c2ccccc2)c1.O=C(O)C(F)(F)F.O=C(O)C(F)(F)F. The summed E-state index contributed by atoms with van der Waals surface area (Å²) in [7, 11) is 0. The molecule has 0 radical (unpaired) electrons. The van der Waals surface area contributed by atoms with Crippen molar-refractivity contribution in [2.75, 3.05) is 36.4 Å². The van der Waals surface area contributed by atoms with Crippen molar-refractivity contribution in [1.29, 1.82) is 0 Å². The summed E-state index contributed by atoms with van der Waals surface area (Å²) in [5.41, 5.74) is 9.53. The van der Waals surface area contributed by atoms with Crippen LogP contribution in [0.5, 0.6) is 0 Å². The molecule has 0 aromatic heterocycles. The minimum absolute atomic E-state index is 0.306. The normalized spacial score (nSPS) is 13.5. The molecule has 1 aliphatic rings. The van der Waals surface area contributed by atoms with Gasteiger partial charge in [-0.3, -0.25) is 9.59 Å². The van der Waals surface area contributed by atoms with E-state index in [4.69, 9.17) is 25.5 Å². The Kier molecular flexibility index (Phi) is 14.2. The topological polar surface area (TPSA) is 174 Å². The largest absolute Gasteiger partial charge is 0.490 e. The number of alkyl halides is 6. The van der Waals surface area contributed by atoms with Crippen LogP contribution in [0.1, 0.15) is 27.5 Å². The van der Waals surface area contributed by atoms with E-state index in [0.717, 1.165) is 37.4 Å². The van der Waals surface area contributed by atoms with E-state index in [1.54, 1.807) is 18.2 Å². The van der Waals surface area contributed by atoms with Gasteiger partial charge in [-0.2, -0.15) is 26.3 Å². The summed E-state index contributed by atoms with van der Waals surface area (Å²) in [6, 6.07) is 23.3. The van der Waals surface area contributed by atoms with Crippen molar-refractivity contribution >= 4 is 35.1 Å². The molecule has 0 saturated carbocycles. The van der Waals surface area contributed by atoms with E-state index in [9.17, 15) is 35.9 Å². The molecule has 1 aliphatic heterocycles. The molecule has 1 atom stereocenters. The molecule has 47 heavy (non-hydrogen) atoms. The van der Waals surface area contributed by atoms with Crippen LogP contribution in [0.2, 0.25) is 0 Å². The van der Waals surface area contributed by atoms with Crippen molar-refractivity contribution in [2.24, 2.45) is 5.73 Å². The standard InChI is InChI=1S/C26H29N5O2.2C2HF3O2/c27-18-19-5-4-8-21(17-19)25(32)30-24(20-6-2-1-3-7-20)26(33)29-22-9-11-23(12-10-22)31-15-13-28-14-16-31;2*3-2(4,5)1(6)7/h1-12,17,24,28H,13-16,18,27H2,(H,29,33)(H,30,32);2*(H,6,7)/t24-;;/m1../s1. The van der Waals surface area contributed by atoms with Gasteiger partial charge in [-0.15, -0.1) is 0 Å². The van der Waals surface area contributed by atoms with E-state index in [2.05, 4.69) is 20.9 Å². The highest BCUT2D eigenvalue weighted by Crippen LogP contribution is 2.21. The molecule has 2 amide bonds. The Balaban J connectivity index is 0.000000459. The van der Waals surface area contributed by atoms with Gasteiger partial charge in [-0.1, -0.05) is 42.5 Å². The molecule has 0 aliphatic carbocycles. The summed E-state index contributed by atoms with van der Waals surface area (Å²) in [4.78, 5) is 46.3. The fourth-order valence-electron chi connectivity index (χ4n) is 3.89. The predicted molar refractivity (Wildman–Crippen MR) is 159 cm³/mol. The average molecular weight is 672 g/mol. The number of carboxylic acids is 2. The van der Waals surface area contributed by atoms with Gasteiger partial charge in [0.25, 0.3) is 11.8 Å². The number of carbonyl (C=O) groups excluding carboxylic acids is 2. The number of carboxylic acid groups (broad SMARTS) is 2. The third kappa shape index (κ3) is 13.0. The van der Waals surface area contributed by atoms with E-state index in [1.165, 1.54) is 0 Å². The number of hydrogen-bond donors (Lipinski definition) is 6. The summed E-state index contributed by atoms with van der Waals surface area (Å²) < 4.78 is 63.5. The number of piperazine rings is 1. The molecule has 11 nitrogen and oxygen atoms in total. The van der Waals surface area contributed by atoms with Crippen LogP contribution in [0.3, 0.4) is 0 Å². The highest BCUT2D eigenvalue weighted by molar-refractivity contribution is 6.01. The van der Waals surface area contributed by atoms with Crippen molar-refractivity contribution in [3.63, 3.8) is 0 Å². The first-order chi connectivity index (χ1) is 22.0. The summed E-state index contributed by atoms with van der Waals surface area (Å²) in [5, 5.41) is 23.4. The first kappa shape index (κ1) is 38.0. The Labute approximate surface area is 264 Å². The van der Waals surface area contributed by atoms with Gasteiger partial charge in [0, 0.05) is 49.7 Å². The van der Waals surface area contributed by atoms with Crippen molar-refractivity contribution in [3.8, 4) is 0 Å². The quantitative estimate of drug-likeness (QED) is 0.204. The fourth-order valence-corrected chi connectivity index (χ4v) is 3.89. The molecule has 1 fully saturated rings. The van der Waals surface area contributed by atoms with Crippen molar-refractivity contribution < 1.29 is 55.7 Å². The van der Waals surface area contributed by atoms with Gasteiger partial charge >= 0.3 is 24.3 Å². The van der Waals surface area contributed by atoms with Gasteiger partial charge in [0.15, 0.2) is 0 Å². The van der Waals surface area contributed by atoms with Gasteiger partial charge < -0.3 is 36.8 Å². The summed E-state index contributed by atoms with van der Waals surface area (Å²) >= 11 is 0. The maximum absolute atomic E-state index is 13.2. The molecule has 0 spiro atoms. The van der Waals surface area contributed by atoms with Crippen molar-refractivity contribution in [2.45, 2.75) is 24.9 Å². The summed E-state index contributed by atoms with van der Waals surface area (Å²) in [5.74, 6) is -6.15. The molecule has 4 rings (SSSR count). The number of amides is 2. The minimum atomic E-state index is -5.08. The number of nitrogens with zero attached hydrogens (tertiary/aromatic N) is 1. The second-order valence-electron chi connectivity index (χ2n) is 9.60. The van der Waals surface area contributed by atoms with Gasteiger partial charge in [0.05, 0.1) is 0 Å². The lowest BCUT2D eigenvalue weighted by molar-refractivity contribution is -0.193.